The fourth-order valence-corrected chi connectivity index (χ4v) is 2.22. The average Bonchev–Trinajstić information content (AvgIpc) is 2.69. The molecule has 0 bridgehead atoms. The molecular formula is C14H20N2O. The molecule has 1 N–H and O–H groups in total. The smallest absolute Gasteiger partial charge is 0.317 e. The molecule has 2 rings (SSSR count). The van der Waals surface area contributed by atoms with Crippen LogP contribution in [0.2, 0.25) is 0 Å². The second-order valence-electron chi connectivity index (χ2n) is 4.92. The molecule has 3 nitrogen and oxygen atoms in total. The molecule has 0 unspecified atom stereocenters. The Labute approximate surface area is 103 Å². The molecule has 1 aromatic rings. The summed E-state index contributed by atoms with van der Waals surface area (Å²) in [4.78, 5) is 13.6. The number of amides is 2. The maximum Gasteiger partial charge on any atom is 0.317 e. The zero-order valence-electron chi connectivity index (χ0n) is 10.5. The molecule has 3 heteroatoms. The molecule has 1 heterocycles. The van der Waals surface area contributed by atoms with E-state index in [0.29, 0.717) is 6.04 Å². The first kappa shape index (κ1) is 12.0. The van der Waals surface area contributed by atoms with E-state index in [9.17, 15) is 4.79 Å². The van der Waals surface area contributed by atoms with Crippen molar-refractivity contribution in [1.29, 1.82) is 0 Å². The van der Waals surface area contributed by atoms with Gasteiger partial charge in [0.05, 0.1) is 0 Å². The van der Waals surface area contributed by atoms with Gasteiger partial charge in [0.1, 0.15) is 0 Å². The number of carbonyl (C=O) groups is 1. The number of nitrogens with one attached hydrogen (secondary N) is 1. The number of nitrogens with zero attached hydrogens (tertiary/aromatic N) is 1. The highest BCUT2D eigenvalue weighted by Crippen LogP contribution is 2.13. The highest BCUT2D eigenvalue weighted by molar-refractivity contribution is 5.77. The molecule has 2 amide bonds. The van der Waals surface area contributed by atoms with Crippen molar-refractivity contribution in [2.75, 3.05) is 6.54 Å². The van der Waals surface area contributed by atoms with Crippen molar-refractivity contribution < 1.29 is 4.79 Å². The van der Waals surface area contributed by atoms with Gasteiger partial charge in [-0.3, -0.25) is 0 Å². The van der Waals surface area contributed by atoms with Crippen LogP contribution in [-0.2, 0) is 6.42 Å². The molecule has 1 aliphatic heterocycles. The van der Waals surface area contributed by atoms with E-state index in [-0.39, 0.29) is 12.1 Å². The molecule has 0 spiro atoms. The Morgan fingerprint density at radius 3 is 2.65 bits per heavy atom. The molecule has 1 saturated heterocycles. The lowest BCUT2D eigenvalue weighted by Gasteiger charge is -2.18. The van der Waals surface area contributed by atoms with E-state index in [1.165, 1.54) is 5.56 Å². The Hall–Kier alpha value is -1.51. The second-order valence-corrected chi connectivity index (χ2v) is 4.92. The van der Waals surface area contributed by atoms with E-state index in [0.717, 1.165) is 19.4 Å². The number of rotatable bonds is 4. The molecule has 17 heavy (non-hydrogen) atoms. The molecule has 0 radical (unpaired) electrons. The van der Waals surface area contributed by atoms with Crippen molar-refractivity contribution in [3.05, 3.63) is 35.9 Å². The van der Waals surface area contributed by atoms with Gasteiger partial charge < -0.3 is 10.2 Å². The Balaban J connectivity index is 1.84. The van der Waals surface area contributed by atoms with Crippen molar-refractivity contribution in [3.63, 3.8) is 0 Å². The minimum absolute atomic E-state index is 0.0815. The lowest BCUT2D eigenvalue weighted by molar-refractivity contribution is 0.205. The van der Waals surface area contributed by atoms with Crippen LogP contribution in [0.3, 0.4) is 0 Å². The third kappa shape index (κ3) is 2.99. The summed E-state index contributed by atoms with van der Waals surface area (Å²) in [5, 5.41) is 3.04. The van der Waals surface area contributed by atoms with Crippen molar-refractivity contribution >= 4 is 6.03 Å². The van der Waals surface area contributed by atoms with Gasteiger partial charge in [0.15, 0.2) is 0 Å². The summed E-state index contributed by atoms with van der Waals surface area (Å²) in [6, 6.07) is 11.1. The second kappa shape index (κ2) is 5.21. The van der Waals surface area contributed by atoms with Crippen LogP contribution in [0.1, 0.15) is 25.8 Å². The first-order valence-electron chi connectivity index (χ1n) is 6.28. The topological polar surface area (TPSA) is 32.3 Å². The monoisotopic (exact) mass is 232 g/mol. The van der Waals surface area contributed by atoms with Gasteiger partial charge in [0.2, 0.25) is 0 Å². The Kier molecular flexibility index (Phi) is 3.67. The van der Waals surface area contributed by atoms with Gasteiger partial charge in [0, 0.05) is 18.6 Å². The largest absolute Gasteiger partial charge is 0.333 e. The maximum atomic E-state index is 11.7. The fraction of sp³-hybridized carbons (Fsp3) is 0.500. The molecule has 1 aliphatic rings. The van der Waals surface area contributed by atoms with E-state index in [1.54, 1.807) is 0 Å². The summed E-state index contributed by atoms with van der Waals surface area (Å²) in [5.41, 5.74) is 1.34. The van der Waals surface area contributed by atoms with Gasteiger partial charge in [-0.15, -0.1) is 0 Å². The number of hydrogen-bond acceptors (Lipinski definition) is 1. The highest BCUT2D eigenvalue weighted by atomic mass is 16.2. The fourth-order valence-electron chi connectivity index (χ4n) is 2.22. The number of hydrogen-bond donors (Lipinski definition) is 1. The van der Waals surface area contributed by atoms with Gasteiger partial charge in [-0.25, -0.2) is 4.79 Å². The molecule has 0 aromatic heterocycles. The molecule has 92 valence electrons. The molecule has 0 aliphatic carbocycles. The van der Waals surface area contributed by atoms with Crippen molar-refractivity contribution in [2.24, 2.45) is 0 Å². The Morgan fingerprint density at radius 2 is 2.06 bits per heavy atom. The van der Waals surface area contributed by atoms with E-state index in [4.69, 9.17) is 0 Å². The maximum absolute atomic E-state index is 11.7. The summed E-state index contributed by atoms with van der Waals surface area (Å²) < 4.78 is 0. The molecule has 1 atom stereocenters. The van der Waals surface area contributed by atoms with E-state index >= 15 is 0 Å². The van der Waals surface area contributed by atoms with Gasteiger partial charge in [-0.05, 0) is 32.3 Å². The first-order chi connectivity index (χ1) is 8.16. The zero-order valence-corrected chi connectivity index (χ0v) is 10.5. The molecule has 1 fully saturated rings. The standard InChI is InChI=1S/C14H20N2O/c1-11(2)16-10-13(15-14(16)17)9-8-12-6-4-3-5-7-12/h3-7,11,13H,8-10H2,1-2H3,(H,15,17)/t13-/m1/s1. The number of benzene rings is 1. The number of carbonyl (C=O) groups excluding carboxylic acids is 1. The molecular weight excluding hydrogens is 212 g/mol. The molecule has 1 aromatic carbocycles. The summed E-state index contributed by atoms with van der Waals surface area (Å²) in [6.45, 7) is 4.95. The minimum Gasteiger partial charge on any atom is -0.333 e. The van der Waals surface area contributed by atoms with Crippen molar-refractivity contribution in [1.82, 2.24) is 10.2 Å². The number of urea groups is 1. The quantitative estimate of drug-likeness (QED) is 0.849. The molecule has 0 saturated carbocycles. The Morgan fingerprint density at radius 1 is 1.35 bits per heavy atom. The highest BCUT2D eigenvalue weighted by Gasteiger charge is 2.29. The van der Waals surface area contributed by atoms with Crippen molar-refractivity contribution in [3.8, 4) is 0 Å². The number of aryl methyl sites for hydroxylation is 1. The summed E-state index contributed by atoms with van der Waals surface area (Å²) in [7, 11) is 0. The van der Waals surface area contributed by atoms with E-state index in [2.05, 4.69) is 43.4 Å². The van der Waals surface area contributed by atoms with Crippen LogP contribution in [-0.4, -0.2) is 29.6 Å². The van der Waals surface area contributed by atoms with Crippen molar-refractivity contribution in [2.45, 2.75) is 38.8 Å². The lowest BCUT2D eigenvalue weighted by atomic mass is 10.1. The Bertz CT molecular complexity index is 375. The third-order valence-electron chi connectivity index (χ3n) is 3.25. The SMILES string of the molecule is CC(C)N1C[C@@H](CCc2ccccc2)NC1=O. The zero-order chi connectivity index (χ0) is 12.3. The third-order valence-corrected chi connectivity index (χ3v) is 3.25. The van der Waals surface area contributed by atoms with Crippen LogP contribution in [0.4, 0.5) is 4.79 Å². The first-order valence-corrected chi connectivity index (χ1v) is 6.28. The predicted octanol–water partition coefficient (Wildman–Crippen LogP) is 2.42. The van der Waals surface area contributed by atoms with Crippen LogP contribution in [0.5, 0.6) is 0 Å². The normalized spacial score (nSPS) is 19.8. The van der Waals surface area contributed by atoms with Gasteiger partial charge in [-0.2, -0.15) is 0 Å². The van der Waals surface area contributed by atoms with E-state index < -0.39 is 0 Å². The van der Waals surface area contributed by atoms with Crippen LogP contribution in [0.15, 0.2) is 30.3 Å². The van der Waals surface area contributed by atoms with Gasteiger partial charge >= 0.3 is 6.03 Å². The van der Waals surface area contributed by atoms with Crippen LogP contribution < -0.4 is 5.32 Å². The summed E-state index contributed by atoms with van der Waals surface area (Å²) in [5.74, 6) is 0. The summed E-state index contributed by atoms with van der Waals surface area (Å²) >= 11 is 0. The predicted molar refractivity (Wildman–Crippen MR) is 68.9 cm³/mol. The van der Waals surface area contributed by atoms with Crippen LogP contribution >= 0.6 is 0 Å². The van der Waals surface area contributed by atoms with Gasteiger partial charge in [-0.1, -0.05) is 30.3 Å². The summed E-state index contributed by atoms with van der Waals surface area (Å²) in [6.07, 6.45) is 2.04. The average molecular weight is 232 g/mol. The minimum atomic E-state index is 0.0815. The van der Waals surface area contributed by atoms with E-state index in [1.807, 2.05) is 11.0 Å². The van der Waals surface area contributed by atoms with Gasteiger partial charge in [0.25, 0.3) is 0 Å². The van der Waals surface area contributed by atoms with Crippen LogP contribution in [0, 0.1) is 0 Å². The van der Waals surface area contributed by atoms with Crippen LogP contribution in [0.25, 0.3) is 0 Å². The lowest BCUT2D eigenvalue weighted by Crippen LogP contribution is -2.33.